The number of pyridine rings is 1. The van der Waals surface area contributed by atoms with E-state index in [1.807, 2.05) is 23.7 Å². The fourth-order valence-electron chi connectivity index (χ4n) is 2.13. The van der Waals surface area contributed by atoms with E-state index >= 15 is 0 Å². The largest absolute Gasteiger partial charge is 0.464 e. The van der Waals surface area contributed by atoms with E-state index in [2.05, 4.69) is 22.1 Å². The number of aromatic nitrogens is 3. The molecule has 0 unspecified atom stereocenters. The lowest BCUT2D eigenvalue weighted by Crippen LogP contribution is -2.10. The van der Waals surface area contributed by atoms with Crippen molar-refractivity contribution >= 4 is 11.2 Å². The maximum absolute atomic E-state index is 5.78. The van der Waals surface area contributed by atoms with Crippen molar-refractivity contribution in [1.82, 2.24) is 14.5 Å². The van der Waals surface area contributed by atoms with Crippen LogP contribution in [0, 0.1) is 5.92 Å². The zero-order valence-corrected chi connectivity index (χ0v) is 9.84. The van der Waals surface area contributed by atoms with Crippen molar-refractivity contribution < 1.29 is 4.74 Å². The molecule has 0 radical (unpaired) electrons. The third-order valence-electron chi connectivity index (χ3n) is 3.14. The number of allylic oxidation sites excluding steroid dienone is 2. The number of ether oxygens (including phenoxy) is 1. The van der Waals surface area contributed by atoms with E-state index < -0.39 is 0 Å². The van der Waals surface area contributed by atoms with E-state index in [-0.39, 0.29) is 0 Å². The number of rotatable bonds is 3. The molecule has 0 aromatic carbocycles. The van der Waals surface area contributed by atoms with Gasteiger partial charge in [-0.1, -0.05) is 12.2 Å². The van der Waals surface area contributed by atoms with Crippen molar-refractivity contribution in [2.45, 2.75) is 12.8 Å². The first-order chi connectivity index (χ1) is 8.34. The minimum absolute atomic E-state index is 0.600. The average Bonchev–Trinajstić information content (AvgIpc) is 2.96. The van der Waals surface area contributed by atoms with Gasteiger partial charge < -0.3 is 4.74 Å². The van der Waals surface area contributed by atoms with Gasteiger partial charge in [0.1, 0.15) is 5.52 Å². The third-order valence-corrected chi connectivity index (χ3v) is 3.14. The summed E-state index contributed by atoms with van der Waals surface area (Å²) in [5.74, 6) is 0.600. The van der Waals surface area contributed by atoms with Crippen LogP contribution in [0.25, 0.3) is 11.2 Å². The van der Waals surface area contributed by atoms with Gasteiger partial charge >= 0.3 is 0 Å². The molecule has 4 heteroatoms. The Bertz CT molecular complexity index is 551. The Kier molecular flexibility index (Phi) is 2.55. The second-order valence-corrected chi connectivity index (χ2v) is 4.42. The first-order valence-corrected chi connectivity index (χ1v) is 5.90. The van der Waals surface area contributed by atoms with E-state index in [4.69, 9.17) is 4.74 Å². The average molecular weight is 229 g/mol. The second kappa shape index (κ2) is 4.20. The lowest BCUT2D eigenvalue weighted by Gasteiger charge is -2.10. The Hall–Kier alpha value is -1.84. The predicted octanol–water partition coefficient (Wildman–Crippen LogP) is 2.31. The number of hydrogen-bond acceptors (Lipinski definition) is 3. The predicted molar refractivity (Wildman–Crippen MR) is 65.9 cm³/mol. The molecular formula is C13H15N3O. The Balaban J connectivity index is 1.78. The van der Waals surface area contributed by atoms with Crippen LogP contribution in [-0.2, 0) is 7.05 Å². The zero-order chi connectivity index (χ0) is 11.7. The summed E-state index contributed by atoms with van der Waals surface area (Å²) in [6.45, 7) is 0.726. The lowest BCUT2D eigenvalue weighted by atomic mass is 10.1. The Morgan fingerprint density at radius 2 is 2.24 bits per heavy atom. The van der Waals surface area contributed by atoms with E-state index in [0.717, 1.165) is 30.6 Å². The molecule has 0 saturated heterocycles. The van der Waals surface area contributed by atoms with Crippen LogP contribution in [0.1, 0.15) is 12.8 Å². The van der Waals surface area contributed by atoms with Crippen molar-refractivity contribution in [2.24, 2.45) is 13.0 Å². The zero-order valence-electron chi connectivity index (χ0n) is 9.84. The van der Waals surface area contributed by atoms with Crippen molar-refractivity contribution in [3.63, 3.8) is 0 Å². The first-order valence-electron chi connectivity index (χ1n) is 5.90. The molecule has 0 saturated carbocycles. The summed E-state index contributed by atoms with van der Waals surface area (Å²) in [6.07, 6.45) is 8.42. The van der Waals surface area contributed by atoms with Gasteiger partial charge in [-0.05, 0) is 30.9 Å². The van der Waals surface area contributed by atoms with Crippen LogP contribution in [0.5, 0.6) is 6.01 Å². The van der Waals surface area contributed by atoms with E-state index in [9.17, 15) is 0 Å². The van der Waals surface area contributed by atoms with E-state index in [1.54, 1.807) is 6.20 Å². The monoisotopic (exact) mass is 229 g/mol. The minimum Gasteiger partial charge on any atom is -0.464 e. The van der Waals surface area contributed by atoms with Gasteiger partial charge in [0.05, 0.1) is 6.61 Å². The minimum atomic E-state index is 0.600. The van der Waals surface area contributed by atoms with Crippen LogP contribution in [0.3, 0.4) is 0 Å². The second-order valence-electron chi connectivity index (χ2n) is 4.42. The van der Waals surface area contributed by atoms with Crippen molar-refractivity contribution in [2.75, 3.05) is 6.61 Å². The molecule has 17 heavy (non-hydrogen) atoms. The number of fused-ring (bicyclic) bond motifs is 1. The van der Waals surface area contributed by atoms with Crippen LogP contribution in [0.2, 0.25) is 0 Å². The highest BCUT2D eigenvalue weighted by Gasteiger charge is 2.14. The van der Waals surface area contributed by atoms with Crippen LogP contribution >= 0.6 is 0 Å². The number of nitrogens with zero attached hydrogens (tertiary/aromatic N) is 3. The van der Waals surface area contributed by atoms with Gasteiger partial charge in [0.25, 0.3) is 6.01 Å². The normalized spacial score (nSPS) is 15.8. The molecule has 0 aliphatic heterocycles. The first kappa shape index (κ1) is 10.3. The summed E-state index contributed by atoms with van der Waals surface area (Å²) in [4.78, 5) is 8.72. The lowest BCUT2D eigenvalue weighted by molar-refractivity contribution is 0.232. The van der Waals surface area contributed by atoms with Crippen molar-refractivity contribution in [3.05, 3.63) is 30.5 Å². The summed E-state index contributed by atoms with van der Waals surface area (Å²) in [5, 5.41) is 0. The summed E-state index contributed by atoms with van der Waals surface area (Å²) in [5.41, 5.74) is 1.75. The molecule has 0 bridgehead atoms. The van der Waals surface area contributed by atoms with Gasteiger partial charge in [-0.3, -0.25) is 4.57 Å². The van der Waals surface area contributed by atoms with Gasteiger partial charge in [0.15, 0.2) is 5.65 Å². The van der Waals surface area contributed by atoms with Gasteiger partial charge in [-0.15, -0.1) is 0 Å². The molecule has 2 aromatic heterocycles. The molecule has 88 valence electrons. The standard InChI is InChI=1S/C13H15N3O/c1-16-12-11(7-4-8-14-12)15-13(16)17-9-10-5-2-3-6-10/h2-4,7-8,10H,5-6,9H2,1H3. The maximum atomic E-state index is 5.78. The highest BCUT2D eigenvalue weighted by molar-refractivity contribution is 5.71. The molecule has 0 atom stereocenters. The Morgan fingerprint density at radius 1 is 1.41 bits per heavy atom. The van der Waals surface area contributed by atoms with Crippen LogP contribution in [-0.4, -0.2) is 21.1 Å². The summed E-state index contributed by atoms with van der Waals surface area (Å²) in [7, 11) is 1.94. The highest BCUT2D eigenvalue weighted by Crippen LogP contribution is 2.21. The molecule has 3 rings (SSSR count). The summed E-state index contributed by atoms with van der Waals surface area (Å²) < 4.78 is 7.68. The third kappa shape index (κ3) is 1.90. The van der Waals surface area contributed by atoms with Gasteiger partial charge in [-0.2, -0.15) is 4.98 Å². The molecule has 0 amide bonds. The molecule has 1 aliphatic carbocycles. The highest BCUT2D eigenvalue weighted by atomic mass is 16.5. The Morgan fingerprint density at radius 3 is 3.00 bits per heavy atom. The molecule has 2 aromatic rings. The molecular weight excluding hydrogens is 214 g/mol. The molecule has 4 nitrogen and oxygen atoms in total. The van der Waals surface area contributed by atoms with Crippen molar-refractivity contribution in [3.8, 4) is 6.01 Å². The molecule has 1 aliphatic rings. The van der Waals surface area contributed by atoms with Crippen LogP contribution < -0.4 is 4.74 Å². The van der Waals surface area contributed by atoms with Gasteiger partial charge in [0.2, 0.25) is 0 Å². The molecule has 0 fully saturated rings. The van der Waals surface area contributed by atoms with Crippen LogP contribution in [0.4, 0.5) is 0 Å². The maximum Gasteiger partial charge on any atom is 0.298 e. The number of hydrogen-bond donors (Lipinski definition) is 0. The summed E-state index contributed by atoms with van der Waals surface area (Å²) in [6, 6.07) is 4.50. The van der Waals surface area contributed by atoms with Crippen molar-refractivity contribution in [1.29, 1.82) is 0 Å². The molecule has 0 N–H and O–H groups in total. The number of imidazole rings is 1. The van der Waals surface area contributed by atoms with Gasteiger partial charge in [-0.25, -0.2) is 4.98 Å². The van der Waals surface area contributed by atoms with Crippen LogP contribution in [0.15, 0.2) is 30.5 Å². The van der Waals surface area contributed by atoms with Gasteiger partial charge in [0, 0.05) is 13.2 Å². The number of aryl methyl sites for hydroxylation is 1. The van der Waals surface area contributed by atoms with E-state index in [0.29, 0.717) is 11.9 Å². The fourth-order valence-corrected chi connectivity index (χ4v) is 2.13. The Labute approximate surface area is 99.9 Å². The SMILES string of the molecule is Cn1c(OCC2CC=CC2)nc2cccnc21. The van der Waals surface area contributed by atoms with E-state index in [1.165, 1.54) is 0 Å². The topological polar surface area (TPSA) is 39.9 Å². The fraction of sp³-hybridized carbons (Fsp3) is 0.385. The molecule has 0 spiro atoms. The smallest absolute Gasteiger partial charge is 0.298 e. The quantitative estimate of drug-likeness (QED) is 0.758. The summed E-state index contributed by atoms with van der Waals surface area (Å²) >= 11 is 0. The molecule has 2 heterocycles.